The topological polar surface area (TPSA) is 316 Å². The van der Waals surface area contributed by atoms with Crippen LogP contribution in [0.3, 0.4) is 0 Å². The van der Waals surface area contributed by atoms with Crippen LogP contribution in [-0.4, -0.2) is 103 Å². The summed E-state index contributed by atoms with van der Waals surface area (Å²) in [4.78, 5) is 85.2. The van der Waals surface area contributed by atoms with Gasteiger partial charge in [-0.3, -0.25) is 0 Å². The fraction of sp³-hybridized carbons (Fsp3) is 0. The molecule has 0 bridgehead atoms. The van der Waals surface area contributed by atoms with Crippen molar-refractivity contribution in [3.63, 3.8) is 0 Å². The van der Waals surface area contributed by atoms with Crippen molar-refractivity contribution < 1.29 is 92.6 Å². The van der Waals surface area contributed by atoms with E-state index >= 15 is 0 Å². The molecular weight excluding hydrogens is 583 g/mol. The Morgan fingerprint density at radius 1 is 0.391 bits per heavy atom. The average molecular weight is 583 g/mol. The van der Waals surface area contributed by atoms with Crippen molar-refractivity contribution in [1.82, 2.24) is 0 Å². The van der Waals surface area contributed by atoms with Crippen LogP contribution in [0, 0.1) is 0 Å². The summed E-state index contributed by atoms with van der Waals surface area (Å²) in [5, 5.41) is 0. The van der Waals surface area contributed by atoms with Crippen LogP contribution < -0.4 is 48.0 Å². The Balaban J connectivity index is -0.0000000197. The van der Waals surface area contributed by atoms with Crippen LogP contribution >= 0.6 is 0 Å². The van der Waals surface area contributed by atoms with Gasteiger partial charge in [0.1, 0.15) is 0 Å². The van der Waals surface area contributed by atoms with Gasteiger partial charge < -0.3 is 70.3 Å². The molecule has 0 aliphatic rings. The minimum Gasteiger partial charge on any atom is -0.672 e. The Morgan fingerprint density at radius 3 is 0.391 bits per heavy atom. The second-order valence-corrected chi connectivity index (χ2v) is 3.75. The van der Waals surface area contributed by atoms with E-state index in [1.54, 1.807) is 0 Å². The molecule has 0 aromatic rings. The molecule has 0 aromatic carbocycles. The van der Waals surface area contributed by atoms with Crippen LogP contribution in [0.5, 0.6) is 0 Å². The van der Waals surface area contributed by atoms with E-state index in [4.69, 9.17) is 70.3 Å². The first-order valence-electron chi connectivity index (χ1n) is 3.06. The van der Waals surface area contributed by atoms with Crippen molar-refractivity contribution in [1.29, 1.82) is 0 Å². The minimum atomic E-state index is -3.63. The largest absolute Gasteiger partial charge is 5.00 e. The molecule has 120 valence electrons. The molecule has 0 N–H and O–H groups in total. The average Bonchev–Trinajstić information content (AvgIpc) is 1.94. The van der Waals surface area contributed by atoms with Gasteiger partial charge in [0.15, 0.2) is 0 Å². The first-order chi connectivity index (χ1) is 8.66. The summed E-state index contributed by atoms with van der Waals surface area (Å²) in [7, 11) is -18.1. The standard InChI is InChI=1S/Ca.Ga.Nb.5O3Si/c;;;5*1-4(2)3/q+2;+3;+5;5*-2. The van der Waals surface area contributed by atoms with E-state index in [-0.39, 0.29) is 79.9 Å². The number of hydrogen-bond donors (Lipinski definition) is 0. The zero-order chi connectivity index (χ0) is 17.9. The van der Waals surface area contributed by atoms with Gasteiger partial charge in [-0.05, 0) is 0 Å². The van der Waals surface area contributed by atoms with E-state index < -0.39 is 45.9 Å². The second kappa shape index (κ2) is 43.4. The number of rotatable bonds is 0. The molecule has 0 atom stereocenters. The summed E-state index contributed by atoms with van der Waals surface area (Å²) >= 11 is 0. The molecule has 15 nitrogen and oxygen atoms in total. The van der Waals surface area contributed by atoms with Gasteiger partial charge in [0.2, 0.25) is 0 Å². The molecule has 0 aliphatic carbocycles. The van der Waals surface area contributed by atoms with Crippen LogP contribution in [0.1, 0.15) is 0 Å². The molecule has 0 saturated heterocycles. The van der Waals surface area contributed by atoms with Gasteiger partial charge in [0.25, 0.3) is 0 Å². The predicted molar refractivity (Wildman–Crippen MR) is 43.7 cm³/mol. The molecule has 0 heterocycles. The Kier molecular flexibility index (Phi) is 93.4. The summed E-state index contributed by atoms with van der Waals surface area (Å²) in [5.41, 5.74) is 0. The van der Waals surface area contributed by atoms with Crippen molar-refractivity contribution in [2.24, 2.45) is 0 Å². The third-order valence-corrected chi connectivity index (χ3v) is 0. The molecule has 0 fully saturated rings. The predicted octanol–water partition coefficient (Wildman–Crippen LogP) is -15.2. The summed E-state index contributed by atoms with van der Waals surface area (Å²) in [6, 6.07) is 0. The number of hydrogen-bond acceptors (Lipinski definition) is 15. The Labute approximate surface area is 194 Å². The quantitative estimate of drug-likeness (QED) is 0.239. The first kappa shape index (κ1) is 49.5. The van der Waals surface area contributed by atoms with Crippen LogP contribution in [0.4, 0.5) is 0 Å². The molecule has 0 rings (SSSR count). The van der Waals surface area contributed by atoms with E-state index in [0.29, 0.717) is 0 Å². The van der Waals surface area contributed by atoms with Gasteiger partial charge in [-0.1, -0.05) is 0 Å². The summed E-state index contributed by atoms with van der Waals surface area (Å²) < 4.78 is 42.6. The normalized spacial score (nSPS) is 5.22. The van der Waals surface area contributed by atoms with Gasteiger partial charge in [-0.2, -0.15) is 0 Å². The molecule has 0 amide bonds. The monoisotopic (exact) mass is 582 g/mol. The van der Waals surface area contributed by atoms with E-state index in [1.807, 2.05) is 0 Å². The van der Waals surface area contributed by atoms with Gasteiger partial charge in [-0.25, -0.2) is 0 Å². The molecule has 0 spiro atoms. The zero-order valence-corrected chi connectivity index (χ0v) is 22.2. The van der Waals surface area contributed by atoms with E-state index in [1.165, 1.54) is 0 Å². The minimum absolute atomic E-state index is 0. The van der Waals surface area contributed by atoms with Crippen LogP contribution in [-0.2, 0) is 44.7 Å². The fourth-order valence-corrected chi connectivity index (χ4v) is 0. The van der Waals surface area contributed by atoms with Crippen LogP contribution in [0.15, 0.2) is 0 Å². The van der Waals surface area contributed by atoms with Crippen molar-refractivity contribution in [3.05, 3.63) is 0 Å². The van der Waals surface area contributed by atoms with Crippen molar-refractivity contribution in [2.75, 3.05) is 0 Å². The van der Waals surface area contributed by atoms with Crippen LogP contribution in [0.2, 0.25) is 0 Å². The summed E-state index contributed by atoms with van der Waals surface area (Å²) in [6.07, 6.45) is 0. The Hall–Kier alpha value is 0.721. The maximum Gasteiger partial charge on any atom is 5.00 e. The van der Waals surface area contributed by atoms with Crippen molar-refractivity contribution in [3.8, 4) is 0 Å². The van der Waals surface area contributed by atoms with Gasteiger partial charge in [0, 0.05) is 45.9 Å². The fourth-order valence-electron chi connectivity index (χ4n) is 0. The maximum absolute atomic E-state index is 8.52. The maximum atomic E-state index is 8.52. The van der Waals surface area contributed by atoms with E-state index in [2.05, 4.69) is 0 Å². The second-order valence-electron chi connectivity index (χ2n) is 1.25. The Morgan fingerprint density at radius 2 is 0.391 bits per heavy atom. The smallest absolute Gasteiger partial charge is 0.672 e. The molecule has 23 heavy (non-hydrogen) atoms. The zero-order valence-electron chi connectivity index (χ0n) is 10.4. The summed E-state index contributed by atoms with van der Waals surface area (Å²) in [5.74, 6) is 0. The molecule has 0 saturated carbocycles. The van der Waals surface area contributed by atoms with E-state index in [9.17, 15) is 0 Å². The SMILES string of the molecule is O=[Si]([O-])[O-].O=[Si]([O-])[O-].O=[Si]([O-])[O-].O=[Si]([O-])[O-].O=[Si]([O-])[O-].[Ca+2].[Ga+3].[Nb+5]. The molecule has 0 aliphatic heterocycles. The van der Waals surface area contributed by atoms with Crippen molar-refractivity contribution >= 4 is 103 Å². The molecule has 0 radical (unpaired) electrons. The molecule has 0 aromatic heterocycles. The van der Waals surface area contributed by atoms with Gasteiger partial charge in [-0.15, -0.1) is 0 Å². The Bertz CT molecular complexity index is 219. The molecule has 0 unspecified atom stereocenters. The molecule has 23 heteroatoms. The first-order valence-corrected chi connectivity index (χ1v) is 9.19. The summed E-state index contributed by atoms with van der Waals surface area (Å²) in [6.45, 7) is 0. The third-order valence-electron chi connectivity index (χ3n) is 0. The van der Waals surface area contributed by atoms with Crippen molar-refractivity contribution in [2.45, 2.75) is 0 Å². The molecular formula is CaGaNbO15Si5. The van der Waals surface area contributed by atoms with Crippen LogP contribution in [0.25, 0.3) is 0 Å². The van der Waals surface area contributed by atoms with Gasteiger partial charge in [0.05, 0.1) is 0 Å². The van der Waals surface area contributed by atoms with E-state index in [0.717, 1.165) is 0 Å². The van der Waals surface area contributed by atoms with Gasteiger partial charge >= 0.3 is 79.9 Å². The third kappa shape index (κ3) is 18800.